The molecule has 1 aromatic heterocycles. The quantitative estimate of drug-likeness (QED) is 0.757. The summed E-state index contributed by atoms with van der Waals surface area (Å²) in [5.74, 6) is -0.535. The smallest absolute Gasteiger partial charge is 0.313 e. The second kappa shape index (κ2) is 5.34. The summed E-state index contributed by atoms with van der Waals surface area (Å²) in [4.78, 5) is 11.8. The van der Waals surface area contributed by atoms with Crippen LogP contribution in [0.1, 0.15) is 24.0 Å². The fourth-order valence-corrected chi connectivity index (χ4v) is 1.51. The van der Waals surface area contributed by atoms with Gasteiger partial charge in [0, 0.05) is 5.56 Å². The first kappa shape index (κ1) is 11.5. The number of rotatable bonds is 4. The fraction of sp³-hybridized carbons (Fsp3) is 0.214. The fourth-order valence-electron chi connectivity index (χ4n) is 1.51. The second-order valence-corrected chi connectivity index (χ2v) is 3.87. The van der Waals surface area contributed by atoms with Crippen molar-refractivity contribution in [1.82, 2.24) is 0 Å². The van der Waals surface area contributed by atoms with E-state index >= 15 is 0 Å². The Hall–Kier alpha value is -2.03. The highest BCUT2D eigenvalue weighted by molar-refractivity contribution is 5.77. The topological polar surface area (TPSA) is 39.4 Å². The van der Waals surface area contributed by atoms with Crippen molar-refractivity contribution in [2.45, 2.75) is 19.4 Å². The first-order valence-electron chi connectivity index (χ1n) is 5.50. The molecule has 0 aliphatic carbocycles. The Balaban J connectivity index is 1.90. The lowest BCUT2D eigenvalue weighted by Crippen LogP contribution is -2.12. The number of carbonyl (C=O) groups is 1. The second-order valence-electron chi connectivity index (χ2n) is 3.87. The Kier molecular flexibility index (Phi) is 3.60. The summed E-state index contributed by atoms with van der Waals surface area (Å²) in [5.41, 5.74) is 1.82. The first-order chi connectivity index (χ1) is 8.27. The Morgan fingerprint density at radius 2 is 2.06 bits per heavy atom. The van der Waals surface area contributed by atoms with Gasteiger partial charge in [-0.05, 0) is 18.6 Å². The minimum absolute atomic E-state index is 0.241. The molecule has 3 heteroatoms. The van der Waals surface area contributed by atoms with Crippen molar-refractivity contribution in [3.05, 3.63) is 60.1 Å². The standard InChI is InChI=1S/C14H14O3/c1-11(13-7-8-16-10-13)14(15)17-9-12-5-3-2-4-6-12/h2-8,10-11H,9H2,1H3. The minimum atomic E-state index is -0.294. The van der Waals surface area contributed by atoms with Gasteiger partial charge in [-0.3, -0.25) is 4.79 Å². The molecule has 1 aromatic carbocycles. The molecule has 0 saturated carbocycles. The third-order valence-corrected chi connectivity index (χ3v) is 2.62. The summed E-state index contributed by atoms with van der Waals surface area (Å²) in [6, 6.07) is 11.4. The van der Waals surface area contributed by atoms with Gasteiger partial charge in [0.15, 0.2) is 0 Å². The van der Waals surface area contributed by atoms with Gasteiger partial charge < -0.3 is 9.15 Å². The molecular formula is C14H14O3. The van der Waals surface area contributed by atoms with E-state index < -0.39 is 0 Å². The lowest BCUT2D eigenvalue weighted by Gasteiger charge is -2.09. The molecule has 17 heavy (non-hydrogen) atoms. The van der Waals surface area contributed by atoms with Gasteiger partial charge in [0.25, 0.3) is 0 Å². The Labute approximate surface area is 100 Å². The van der Waals surface area contributed by atoms with E-state index in [9.17, 15) is 4.79 Å². The van der Waals surface area contributed by atoms with Gasteiger partial charge in [-0.25, -0.2) is 0 Å². The highest BCUT2D eigenvalue weighted by Gasteiger charge is 2.17. The van der Waals surface area contributed by atoms with Crippen LogP contribution in [-0.2, 0) is 16.1 Å². The van der Waals surface area contributed by atoms with E-state index in [0.29, 0.717) is 6.61 Å². The third-order valence-electron chi connectivity index (χ3n) is 2.62. The maximum atomic E-state index is 11.8. The molecule has 0 radical (unpaired) electrons. The molecule has 0 spiro atoms. The predicted molar refractivity (Wildman–Crippen MR) is 63.4 cm³/mol. The van der Waals surface area contributed by atoms with Crippen LogP contribution in [0, 0.1) is 0 Å². The van der Waals surface area contributed by atoms with Gasteiger partial charge in [-0.1, -0.05) is 30.3 Å². The van der Waals surface area contributed by atoms with Gasteiger partial charge >= 0.3 is 5.97 Å². The lowest BCUT2D eigenvalue weighted by molar-refractivity contribution is -0.146. The van der Waals surface area contributed by atoms with E-state index in [2.05, 4.69) is 0 Å². The van der Waals surface area contributed by atoms with Crippen LogP contribution < -0.4 is 0 Å². The number of ether oxygens (including phenoxy) is 1. The van der Waals surface area contributed by atoms with Crippen molar-refractivity contribution in [3.8, 4) is 0 Å². The van der Waals surface area contributed by atoms with Crippen molar-refractivity contribution in [1.29, 1.82) is 0 Å². The van der Waals surface area contributed by atoms with Crippen molar-refractivity contribution >= 4 is 5.97 Å². The summed E-state index contributed by atoms with van der Waals surface area (Å²) in [6.07, 6.45) is 3.12. The summed E-state index contributed by atoms with van der Waals surface area (Å²) >= 11 is 0. The van der Waals surface area contributed by atoms with E-state index in [-0.39, 0.29) is 11.9 Å². The monoisotopic (exact) mass is 230 g/mol. The van der Waals surface area contributed by atoms with E-state index in [1.165, 1.54) is 0 Å². The zero-order chi connectivity index (χ0) is 12.1. The van der Waals surface area contributed by atoms with Crippen molar-refractivity contribution in [3.63, 3.8) is 0 Å². The highest BCUT2D eigenvalue weighted by atomic mass is 16.5. The molecule has 1 unspecified atom stereocenters. The Morgan fingerprint density at radius 1 is 1.29 bits per heavy atom. The summed E-state index contributed by atoms with van der Waals surface area (Å²) in [7, 11) is 0. The molecule has 0 fully saturated rings. The normalized spacial score (nSPS) is 12.1. The number of furan rings is 1. The van der Waals surface area contributed by atoms with Gasteiger partial charge in [0.05, 0.1) is 18.4 Å². The minimum Gasteiger partial charge on any atom is -0.472 e. The molecule has 1 heterocycles. The van der Waals surface area contributed by atoms with Crippen molar-refractivity contribution in [2.75, 3.05) is 0 Å². The number of carbonyl (C=O) groups excluding carboxylic acids is 1. The van der Waals surface area contributed by atoms with E-state index in [1.54, 1.807) is 25.5 Å². The van der Waals surface area contributed by atoms with Crippen LogP contribution in [0.5, 0.6) is 0 Å². The zero-order valence-corrected chi connectivity index (χ0v) is 9.63. The molecule has 3 nitrogen and oxygen atoms in total. The van der Waals surface area contributed by atoms with Crippen LogP contribution in [0.2, 0.25) is 0 Å². The molecule has 0 amide bonds. The molecular weight excluding hydrogens is 216 g/mol. The van der Waals surface area contributed by atoms with Crippen LogP contribution in [0.4, 0.5) is 0 Å². The Bertz CT molecular complexity index is 459. The maximum Gasteiger partial charge on any atom is 0.313 e. The summed E-state index contributed by atoms with van der Waals surface area (Å²) in [5, 5.41) is 0. The van der Waals surface area contributed by atoms with Crippen LogP contribution in [0.15, 0.2) is 53.3 Å². The highest BCUT2D eigenvalue weighted by Crippen LogP contribution is 2.17. The largest absolute Gasteiger partial charge is 0.472 e. The lowest BCUT2D eigenvalue weighted by atomic mass is 10.1. The number of esters is 1. The molecule has 0 aliphatic heterocycles. The zero-order valence-electron chi connectivity index (χ0n) is 9.63. The molecule has 0 saturated heterocycles. The average molecular weight is 230 g/mol. The van der Waals surface area contributed by atoms with Crippen molar-refractivity contribution < 1.29 is 13.9 Å². The summed E-state index contributed by atoms with van der Waals surface area (Å²) in [6.45, 7) is 2.11. The molecule has 0 N–H and O–H groups in total. The number of hydrogen-bond donors (Lipinski definition) is 0. The van der Waals surface area contributed by atoms with Gasteiger partial charge in [0.1, 0.15) is 6.61 Å². The van der Waals surface area contributed by atoms with E-state index in [4.69, 9.17) is 9.15 Å². The predicted octanol–water partition coefficient (Wildman–Crippen LogP) is 3.13. The van der Waals surface area contributed by atoms with Gasteiger partial charge in [-0.15, -0.1) is 0 Å². The van der Waals surface area contributed by atoms with Crippen LogP contribution in [-0.4, -0.2) is 5.97 Å². The van der Waals surface area contributed by atoms with Gasteiger partial charge in [-0.2, -0.15) is 0 Å². The number of benzene rings is 1. The van der Waals surface area contributed by atoms with Crippen LogP contribution in [0.25, 0.3) is 0 Å². The molecule has 0 bridgehead atoms. The molecule has 88 valence electrons. The Morgan fingerprint density at radius 3 is 2.71 bits per heavy atom. The average Bonchev–Trinajstić information content (AvgIpc) is 2.90. The number of hydrogen-bond acceptors (Lipinski definition) is 3. The third kappa shape index (κ3) is 2.97. The van der Waals surface area contributed by atoms with Crippen molar-refractivity contribution in [2.24, 2.45) is 0 Å². The van der Waals surface area contributed by atoms with E-state index in [0.717, 1.165) is 11.1 Å². The first-order valence-corrected chi connectivity index (χ1v) is 5.50. The van der Waals surface area contributed by atoms with E-state index in [1.807, 2.05) is 30.3 Å². The molecule has 2 aromatic rings. The van der Waals surface area contributed by atoms with Crippen LogP contribution in [0.3, 0.4) is 0 Å². The SMILES string of the molecule is CC(C(=O)OCc1ccccc1)c1ccoc1. The summed E-state index contributed by atoms with van der Waals surface area (Å²) < 4.78 is 10.2. The molecule has 1 atom stereocenters. The van der Waals surface area contributed by atoms with Crippen LogP contribution >= 0.6 is 0 Å². The maximum absolute atomic E-state index is 11.8. The molecule has 0 aliphatic rings. The molecule has 2 rings (SSSR count). The van der Waals surface area contributed by atoms with Gasteiger partial charge in [0.2, 0.25) is 0 Å².